The molecule has 2 aromatic rings. The van der Waals surface area contributed by atoms with E-state index in [1.54, 1.807) is 12.4 Å². The van der Waals surface area contributed by atoms with E-state index >= 15 is 0 Å². The minimum atomic E-state index is -0.470. The predicted octanol–water partition coefficient (Wildman–Crippen LogP) is 2.71. The molecule has 104 valence electrons. The van der Waals surface area contributed by atoms with Gasteiger partial charge in [-0.1, -0.05) is 12.1 Å². The van der Waals surface area contributed by atoms with E-state index in [0.717, 1.165) is 42.3 Å². The molecule has 2 heterocycles. The van der Waals surface area contributed by atoms with E-state index in [9.17, 15) is 4.79 Å². The average molecular weight is 269 g/mol. The molecule has 1 aromatic heterocycles. The summed E-state index contributed by atoms with van der Waals surface area (Å²) in [5.41, 5.74) is 0.358. The molecule has 20 heavy (non-hydrogen) atoms. The molecular formula is C16H19N3O. The van der Waals surface area contributed by atoms with E-state index < -0.39 is 5.54 Å². The van der Waals surface area contributed by atoms with E-state index in [2.05, 4.69) is 15.6 Å². The van der Waals surface area contributed by atoms with Crippen molar-refractivity contribution in [1.82, 2.24) is 10.3 Å². The van der Waals surface area contributed by atoms with E-state index in [1.807, 2.05) is 31.2 Å². The highest BCUT2D eigenvalue weighted by molar-refractivity contribution is 6.05. The first kappa shape index (κ1) is 13.1. The van der Waals surface area contributed by atoms with Gasteiger partial charge in [-0.25, -0.2) is 0 Å². The number of carbonyl (C=O) groups excluding carboxylic acids is 1. The minimum absolute atomic E-state index is 0.0357. The SMILES string of the molecule is CC1(C(=O)Nc2cccc3ccncc23)CCCCN1. The van der Waals surface area contributed by atoms with Gasteiger partial charge in [0.25, 0.3) is 0 Å². The Kier molecular flexibility index (Phi) is 3.40. The first-order valence-electron chi connectivity index (χ1n) is 7.08. The number of amides is 1. The van der Waals surface area contributed by atoms with Gasteiger partial charge in [-0.2, -0.15) is 0 Å². The van der Waals surface area contributed by atoms with Crippen molar-refractivity contribution >= 4 is 22.4 Å². The number of hydrogen-bond donors (Lipinski definition) is 2. The smallest absolute Gasteiger partial charge is 0.244 e. The normalized spacial score (nSPS) is 22.6. The van der Waals surface area contributed by atoms with Gasteiger partial charge in [0.05, 0.1) is 11.2 Å². The second-order valence-electron chi connectivity index (χ2n) is 5.57. The third-order valence-electron chi connectivity index (χ3n) is 4.05. The highest BCUT2D eigenvalue weighted by Crippen LogP contribution is 2.25. The van der Waals surface area contributed by atoms with E-state index in [1.165, 1.54) is 0 Å². The van der Waals surface area contributed by atoms with Crippen molar-refractivity contribution in [1.29, 1.82) is 0 Å². The molecule has 0 radical (unpaired) electrons. The Labute approximate surface area is 118 Å². The van der Waals surface area contributed by atoms with Crippen LogP contribution in [0.2, 0.25) is 0 Å². The van der Waals surface area contributed by atoms with Crippen LogP contribution in [0.25, 0.3) is 10.8 Å². The van der Waals surface area contributed by atoms with Crippen LogP contribution in [0, 0.1) is 0 Å². The number of fused-ring (bicyclic) bond motifs is 1. The number of benzene rings is 1. The van der Waals surface area contributed by atoms with Crippen molar-refractivity contribution in [3.8, 4) is 0 Å². The van der Waals surface area contributed by atoms with Gasteiger partial charge in [-0.3, -0.25) is 9.78 Å². The Morgan fingerprint density at radius 2 is 2.25 bits per heavy atom. The first-order valence-corrected chi connectivity index (χ1v) is 7.08. The fraction of sp³-hybridized carbons (Fsp3) is 0.375. The van der Waals surface area contributed by atoms with Gasteiger partial charge >= 0.3 is 0 Å². The van der Waals surface area contributed by atoms with Crippen LogP contribution in [0.5, 0.6) is 0 Å². The number of piperidine rings is 1. The highest BCUT2D eigenvalue weighted by atomic mass is 16.2. The van der Waals surface area contributed by atoms with Gasteiger partial charge < -0.3 is 10.6 Å². The molecule has 1 amide bonds. The van der Waals surface area contributed by atoms with Gasteiger partial charge in [-0.15, -0.1) is 0 Å². The molecule has 1 fully saturated rings. The lowest BCUT2D eigenvalue weighted by Crippen LogP contribution is -2.54. The molecule has 1 saturated heterocycles. The van der Waals surface area contributed by atoms with Gasteiger partial charge in [0, 0.05) is 17.8 Å². The van der Waals surface area contributed by atoms with Crippen LogP contribution in [0.4, 0.5) is 5.69 Å². The van der Waals surface area contributed by atoms with Crippen molar-refractivity contribution < 1.29 is 4.79 Å². The average Bonchev–Trinajstić information content (AvgIpc) is 2.48. The number of hydrogen-bond acceptors (Lipinski definition) is 3. The van der Waals surface area contributed by atoms with Crippen LogP contribution in [0.3, 0.4) is 0 Å². The standard InChI is InChI=1S/C16H19N3O/c1-16(8-2-3-9-18-16)15(20)19-14-6-4-5-12-7-10-17-11-13(12)14/h4-7,10-11,18H,2-3,8-9H2,1H3,(H,19,20). The number of nitrogens with zero attached hydrogens (tertiary/aromatic N) is 1. The molecule has 1 unspecified atom stereocenters. The fourth-order valence-electron chi connectivity index (χ4n) is 2.73. The zero-order valence-electron chi connectivity index (χ0n) is 11.6. The number of aromatic nitrogens is 1. The molecule has 0 aliphatic carbocycles. The molecule has 1 aliphatic heterocycles. The molecule has 0 saturated carbocycles. The van der Waals surface area contributed by atoms with Gasteiger partial charge in [-0.05, 0) is 50.2 Å². The van der Waals surface area contributed by atoms with Crippen molar-refractivity contribution in [3.05, 3.63) is 36.7 Å². The zero-order valence-corrected chi connectivity index (χ0v) is 11.6. The van der Waals surface area contributed by atoms with Gasteiger partial charge in [0.1, 0.15) is 0 Å². The maximum atomic E-state index is 12.5. The fourth-order valence-corrected chi connectivity index (χ4v) is 2.73. The number of pyridine rings is 1. The van der Waals surface area contributed by atoms with Crippen molar-refractivity contribution in [2.75, 3.05) is 11.9 Å². The third kappa shape index (κ3) is 2.39. The van der Waals surface area contributed by atoms with Gasteiger partial charge in [0.15, 0.2) is 0 Å². The van der Waals surface area contributed by atoms with Crippen LogP contribution in [-0.4, -0.2) is 23.0 Å². The van der Waals surface area contributed by atoms with Crippen LogP contribution in [0.1, 0.15) is 26.2 Å². The molecule has 4 heteroatoms. The van der Waals surface area contributed by atoms with Crippen molar-refractivity contribution in [2.24, 2.45) is 0 Å². The summed E-state index contributed by atoms with van der Waals surface area (Å²) in [5.74, 6) is 0.0357. The maximum absolute atomic E-state index is 12.5. The Balaban J connectivity index is 1.87. The van der Waals surface area contributed by atoms with Crippen LogP contribution in [-0.2, 0) is 4.79 Å². The van der Waals surface area contributed by atoms with Crippen LogP contribution >= 0.6 is 0 Å². The van der Waals surface area contributed by atoms with E-state index in [0.29, 0.717) is 0 Å². The van der Waals surface area contributed by atoms with Crippen LogP contribution in [0.15, 0.2) is 36.7 Å². The monoisotopic (exact) mass is 269 g/mol. The number of anilines is 1. The molecule has 4 nitrogen and oxygen atoms in total. The highest BCUT2D eigenvalue weighted by Gasteiger charge is 2.34. The summed E-state index contributed by atoms with van der Waals surface area (Å²) < 4.78 is 0. The minimum Gasteiger partial charge on any atom is -0.324 e. The summed E-state index contributed by atoms with van der Waals surface area (Å²) in [5, 5.41) is 8.45. The number of carbonyl (C=O) groups is 1. The third-order valence-corrected chi connectivity index (χ3v) is 4.05. The molecule has 0 bridgehead atoms. The second-order valence-corrected chi connectivity index (χ2v) is 5.57. The van der Waals surface area contributed by atoms with Crippen molar-refractivity contribution in [2.45, 2.75) is 31.7 Å². The summed E-state index contributed by atoms with van der Waals surface area (Å²) in [4.78, 5) is 16.7. The topological polar surface area (TPSA) is 54.0 Å². The molecule has 3 rings (SSSR count). The second kappa shape index (κ2) is 5.21. The summed E-state index contributed by atoms with van der Waals surface area (Å²) in [7, 11) is 0. The van der Waals surface area contributed by atoms with Crippen molar-refractivity contribution in [3.63, 3.8) is 0 Å². The lowest BCUT2D eigenvalue weighted by molar-refractivity contribution is -0.122. The van der Waals surface area contributed by atoms with E-state index in [4.69, 9.17) is 0 Å². The lowest BCUT2D eigenvalue weighted by atomic mass is 9.90. The quantitative estimate of drug-likeness (QED) is 0.881. The molecule has 1 aromatic carbocycles. The molecule has 2 N–H and O–H groups in total. The summed E-state index contributed by atoms with van der Waals surface area (Å²) in [6.45, 7) is 2.88. The molecule has 1 atom stereocenters. The zero-order chi connectivity index (χ0) is 14.0. The van der Waals surface area contributed by atoms with E-state index in [-0.39, 0.29) is 5.91 Å². The first-order chi connectivity index (χ1) is 9.69. The summed E-state index contributed by atoms with van der Waals surface area (Å²) >= 11 is 0. The largest absolute Gasteiger partial charge is 0.324 e. The predicted molar refractivity (Wildman–Crippen MR) is 80.6 cm³/mol. The lowest BCUT2D eigenvalue weighted by Gasteiger charge is -2.33. The number of rotatable bonds is 2. The molecule has 0 spiro atoms. The Morgan fingerprint density at radius 1 is 1.35 bits per heavy atom. The summed E-state index contributed by atoms with van der Waals surface area (Å²) in [6, 6.07) is 7.85. The maximum Gasteiger partial charge on any atom is 0.244 e. The summed E-state index contributed by atoms with van der Waals surface area (Å²) in [6.07, 6.45) is 6.66. The van der Waals surface area contributed by atoms with Gasteiger partial charge in [0.2, 0.25) is 5.91 Å². The molecular weight excluding hydrogens is 250 g/mol. The van der Waals surface area contributed by atoms with Crippen LogP contribution < -0.4 is 10.6 Å². The number of nitrogens with one attached hydrogen (secondary N) is 2. The Bertz CT molecular complexity index is 627. The molecule has 1 aliphatic rings. The Hall–Kier alpha value is -1.94. The Morgan fingerprint density at radius 3 is 3.05 bits per heavy atom.